The Kier molecular flexibility index (Phi) is 2.67. The Morgan fingerprint density at radius 3 is 2.53 bits per heavy atom. The van der Waals surface area contributed by atoms with Crippen LogP contribution in [0.15, 0.2) is 29.1 Å². The minimum absolute atomic E-state index is 0.333. The maximum Gasteiger partial charge on any atom is 0.213 e. The summed E-state index contributed by atoms with van der Waals surface area (Å²) in [5.74, 6) is 1.38. The molecule has 78 valence electrons. The average Bonchev–Trinajstić information content (AvgIpc) is 2.65. The number of hydrogen-bond donors (Lipinski definition) is 0. The number of nitrogens with zero attached hydrogens (tertiary/aromatic N) is 2. The van der Waals surface area contributed by atoms with Gasteiger partial charge in [-0.15, -0.1) is 0 Å². The quantitative estimate of drug-likeness (QED) is 0.769. The summed E-state index contributed by atoms with van der Waals surface area (Å²) >= 11 is 0. The lowest BCUT2D eigenvalue weighted by Crippen LogP contribution is -1.97. The van der Waals surface area contributed by atoms with E-state index in [1.807, 2.05) is 26.0 Å². The molecule has 0 aliphatic heterocycles. The summed E-state index contributed by atoms with van der Waals surface area (Å²) in [4.78, 5) is 3.87. The number of hydrogen-bond acceptors (Lipinski definition) is 4. The van der Waals surface area contributed by atoms with Crippen molar-refractivity contribution in [3.05, 3.63) is 41.5 Å². The SMILES string of the molecule is Cc1cc(C)cc(OCc2ncon2)c1. The standard InChI is InChI=1S/C11H12N2O2/c1-8-3-9(2)5-10(4-8)14-6-11-12-7-15-13-11/h3-5,7H,6H2,1-2H3. The Morgan fingerprint density at radius 2 is 1.93 bits per heavy atom. The van der Waals surface area contributed by atoms with Crippen LogP contribution in [0.2, 0.25) is 0 Å². The molecule has 1 aromatic heterocycles. The van der Waals surface area contributed by atoms with Crippen molar-refractivity contribution in [2.24, 2.45) is 0 Å². The zero-order valence-corrected chi connectivity index (χ0v) is 8.73. The molecule has 0 bridgehead atoms. The van der Waals surface area contributed by atoms with E-state index in [0.717, 1.165) is 5.75 Å². The minimum Gasteiger partial charge on any atom is -0.485 e. The maximum atomic E-state index is 5.53. The number of aryl methyl sites for hydroxylation is 2. The second kappa shape index (κ2) is 4.13. The molecule has 0 saturated heterocycles. The fraction of sp³-hybridized carbons (Fsp3) is 0.273. The topological polar surface area (TPSA) is 48.2 Å². The van der Waals surface area contributed by atoms with E-state index in [-0.39, 0.29) is 0 Å². The largest absolute Gasteiger partial charge is 0.485 e. The second-order valence-corrected chi connectivity index (χ2v) is 3.46. The first kappa shape index (κ1) is 9.71. The van der Waals surface area contributed by atoms with E-state index in [0.29, 0.717) is 12.4 Å². The van der Waals surface area contributed by atoms with Crippen LogP contribution < -0.4 is 4.74 Å². The van der Waals surface area contributed by atoms with Crippen molar-refractivity contribution in [2.45, 2.75) is 20.5 Å². The van der Waals surface area contributed by atoms with Crippen LogP contribution >= 0.6 is 0 Å². The lowest BCUT2D eigenvalue weighted by molar-refractivity contribution is 0.286. The van der Waals surface area contributed by atoms with Gasteiger partial charge < -0.3 is 9.26 Å². The number of benzene rings is 1. The van der Waals surface area contributed by atoms with Gasteiger partial charge in [0.2, 0.25) is 12.2 Å². The molecular formula is C11H12N2O2. The second-order valence-electron chi connectivity index (χ2n) is 3.46. The molecule has 0 unspecified atom stereocenters. The molecule has 1 heterocycles. The average molecular weight is 204 g/mol. The van der Waals surface area contributed by atoms with Gasteiger partial charge in [-0.2, -0.15) is 4.98 Å². The predicted molar refractivity (Wildman–Crippen MR) is 54.5 cm³/mol. The molecule has 0 aliphatic rings. The first-order valence-corrected chi connectivity index (χ1v) is 4.70. The summed E-state index contributed by atoms with van der Waals surface area (Å²) in [7, 11) is 0. The summed E-state index contributed by atoms with van der Waals surface area (Å²) in [5.41, 5.74) is 2.36. The van der Waals surface area contributed by atoms with Crippen LogP contribution in [-0.4, -0.2) is 10.1 Å². The van der Waals surface area contributed by atoms with Gasteiger partial charge >= 0.3 is 0 Å². The lowest BCUT2D eigenvalue weighted by Gasteiger charge is -2.05. The van der Waals surface area contributed by atoms with E-state index < -0.39 is 0 Å². The number of rotatable bonds is 3. The molecule has 0 atom stereocenters. The summed E-state index contributed by atoms with van der Waals surface area (Å²) in [6.07, 6.45) is 1.29. The fourth-order valence-corrected chi connectivity index (χ4v) is 1.42. The van der Waals surface area contributed by atoms with Gasteiger partial charge in [-0.25, -0.2) is 0 Å². The molecule has 4 heteroatoms. The van der Waals surface area contributed by atoms with Gasteiger partial charge in [0.15, 0.2) is 6.61 Å². The minimum atomic E-state index is 0.333. The lowest BCUT2D eigenvalue weighted by atomic mass is 10.1. The summed E-state index contributed by atoms with van der Waals surface area (Å²) in [5, 5.41) is 3.67. The van der Waals surface area contributed by atoms with E-state index in [4.69, 9.17) is 4.74 Å². The Labute approximate surface area is 87.9 Å². The Balaban J connectivity index is 2.05. The highest BCUT2D eigenvalue weighted by atomic mass is 16.5. The number of aromatic nitrogens is 2. The molecule has 0 N–H and O–H groups in total. The third-order valence-electron chi connectivity index (χ3n) is 1.97. The van der Waals surface area contributed by atoms with Crippen LogP contribution in [0.4, 0.5) is 0 Å². The van der Waals surface area contributed by atoms with Crippen molar-refractivity contribution in [1.82, 2.24) is 10.1 Å². The van der Waals surface area contributed by atoms with E-state index >= 15 is 0 Å². The third kappa shape index (κ3) is 2.56. The first-order chi connectivity index (χ1) is 7.24. The highest BCUT2D eigenvalue weighted by Crippen LogP contribution is 2.16. The van der Waals surface area contributed by atoms with Gasteiger partial charge in [0, 0.05) is 0 Å². The molecule has 4 nitrogen and oxygen atoms in total. The van der Waals surface area contributed by atoms with Crippen LogP contribution in [0.25, 0.3) is 0 Å². The van der Waals surface area contributed by atoms with E-state index in [1.165, 1.54) is 17.5 Å². The molecule has 0 saturated carbocycles. The molecule has 0 amide bonds. The van der Waals surface area contributed by atoms with Crippen LogP contribution in [0.1, 0.15) is 17.0 Å². The van der Waals surface area contributed by atoms with Crippen molar-refractivity contribution in [3.8, 4) is 5.75 Å². The zero-order chi connectivity index (χ0) is 10.7. The molecule has 0 spiro atoms. The predicted octanol–water partition coefficient (Wildman–Crippen LogP) is 2.27. The molecule has 15 heavy (non-hydrogen) atoms. The van der Waals surface area contributed by atoms with Gasteiger partial charge in [0.05, 0.1) is 0 Å². The van der Waals surface area contributed by atoms with Gasteiger partial charge in [-0.3, -0.25) is 0 Å². The number of ether oxygens (including phenoxy) is 1. The van der Waals surface area contributed by atoms with Crippen molar-refractivity contribution in [3.63, 3.8) is 0 Å². The van der Waals surface area contributed by atoms with Crippen LogP contribution in [0.3, 0.4) is 0 Å². The van der Waals surface area contributed by atoms with E-state index in [2.05, 4.69) is 20.7 Å². The Bertz CT molecular complexity index is 418. The smallest absolute Gasteiger partial charge is 0.213 e. The molecule has 2 rings (SSSR count). The molecule has 0 radical (unpaired) electrons. The van der Waals surface area contributed by atoms with Crippen molar-refractivity contribution >= 4 is 0 Å². The van der Waals surface area contributed by atoms with Gasteiger partial charge in [0.1, 0.15) is 5.75 Å². The van der Waals surface area contributed by atoms with Crippen LogP contribution in [-0.2, 0) is 6.61 Å². The Morgan fingerprint density at radius 1 is 1.20 bits per heavy atom. The molecule has 2 aromatic rings. The van der Waals surface area contributed by atoms with Crippen LogP contribution in [0.5, 0.6) is 5.75 Å². The van der Waals surface area contributed by atoms with Gasteiger partial charge in [-0.1, -0.05) is 11.2 Å². The van der Waals surface area contributed by atoms with Crippen molar-refractivity contribution in [1.29, 1.82) is 0 Å². The molecule has 0 fully saturated rings. The van der Waals surface area contributed by atoms with Gasteiger partial charge in [0.25, 0.3) is 0 Å². The summed E-state index contributed by atoms with van der Waals surface area (Å²) in [6.45, 7) is 4.40. The molecule has 1 aromatic carbocycles. The Hall–Kier alpha value is -1.84. The van der Waals surface area contributed by atoms with E-state index in [9.17, 15) is 0 Å². The third-order valence-corrected chi connectivity index (χ3v) is 1.97. The molecular weight excluding hydrogens is 192 g/mol. The highest BCUT2D eigenvalue weighted by molar-refractivity contribution is 5.32. The summed E-state index contributed by atoms with van der Waals surface area (Å²) in [6, 6.07) is 6.06. The maximum absolute atomic E-state index is 5.53. The van der Waals surface area contributed by atoms with Crippen molar-refractivity contribution < 1.29 is 9.26 Å². The fourth-order valence-electron chi connectivity index (χ4n) is 1.42. The molecule has 0 aliphatic carbocycles. The van der Waals surface area contributed by atoms with Crippen LogP contribution in [0, 0.1) is 13.8 Å². The van der Waals surface area contributed by atoms with Gasteiger partial charge in [-0.05, 0) is 37.1 Å². The normalized spacial score (nSPS) is 10.3. The monoisotopic (exact) mass is 204 g/mol. The zero-order valence-electron chi connectivity index (χ0n) is 8.73. The van der Waals surface area contributed by atoms with Crippen molar-refractivity contribution in [2.75, 3.05) is 0 Å². The summed E-state index contributed by atoms with van der Waals surface area (Å²) < 4.78 is 10.1. The highest BCUT2D eigenvalue weighted by Gasteiger charge is 2.01. The first-order valence-electron chi connectivity index (χ1n) is 4.70. The van der Waals surface area contributed by atoms with E-state index in [1.54, 1.807) is 0 Å².